The molecule has 0 radical (unpaired) electrons. The van der Waals surface area contributed by atoms with Crippen LogP contribution in [0.3, 0.4) is 0 Å². The van der Waals surface area contributed by atoms with Crippen LogP contribution in [0.1, 0.15) is 31.9 Å². The highest BCUT2D eigenvalue weighted by Gasteiger charge is 1.93. The van der Waals surface area contributed by atoms with Gasteiger partial charge in [-0.3, -0.25) is 9.97 Å². The van der Waals surface area contributed by atoms with Crippen LogP contribution in [-0.4, -0.2) is 36.3 Å². The average Bonchev–Trinajstić information content (AvgIpc) is 2.43. The first-order valence-electron chi connectivity index (χ1n) is 6.47. The van der Waals surface area contributed by atoms with Crippen molar-refractivity contribution in [3.05, 3.63) is 24.3 Å². The van der Waals surface area contributed by atoms with Crippen LogP contribution >= 0.6 is 0 Å². The molecule has 0 saturated carbocycles. The van der Waals surface area contributed by atoms with E-state index >= 15 is 0 Å². The first-order chi connectivity index (χ1) is 8.43. The molecule has 1 aliphatic rings. The van der Waals surface area contributed by atoms with E-state index in [1.54, 1.807) is 12.4 Å². The van der Waals surface area contributed by atoms with Crippen molar-refractivity contribution in [3.63, 3.8) is 0 Å². The zero-order valence-electron chi connectivity index (χ0n) is 10.7. The Balaban J connectivity index is 0.000000202. The molecule has 0 unspecified atom stereocenters. The van der Waals surface area contributed by atoms with Crippen LogP contribution in [0.4, 0.5) is 0 Å². The zero-order chi connectivity index (χ0) is 12.2. The fourth-order valence-electron chi connectivity index (χ4n) is 1.53. The van der Waals surface area contributed by atoms with Crippen LogP contribution in [-0.2, 0) is 11.2 Å². The predicted molar refractivity (Wildman–Crippen MR) is 68.9 cm³/mol. The summed E-state index contributed by atoms with van der Waals surface area (Å²) in [6, 6.07) is 0. The Labute approximate surface area is 104 Å². The van der Waals surface area contributed by atoms with Crippen LogP contribution in [0.25, 0.3) is 0 Å². The average molecular weight is 237 g/mol. The number of unbranched alkanes of at least 4 members (excludes halogenated alkanes) is 2. The van der Waals surface area contributed by atoms with E-state index in [4.69, 9.17) is 4.74 Å². The highest BCUT2D eigenvalue weighted by atomic mass is 16.5. The maximum atomic E-state index is 5.01. The molecule has 0 atom stereocenters. The Bertz CT molecular complexity index is 251. The van der Waals surface area contributed by atoms with E-state index in [-0.39, 0.29) is 0 Å². The van der Waals surface area contributed by atoms with Gasteiger partial charge in [0.2, 0.25) is 0 Å². The number of nitrogens with zero attached hydrogens (tertiary/aromatic N) is 2. The zero-order valence-corrected chi connectivity index (χ0v) is 10.7. The Morgan fingerprint density at radius 1 is 1.24 bits per heavy atom. The summed E-state index contributed by atoms with van der Waals surface area (Å²) in [7, 11) is 0. The van der Waals surface area contributed by atoms with Crippen molar-refractivity contribution in [3.8, 4) is 0 Å². The number of aryl methyl sites for hydroxylation is 1. The van der Waals surface area contributed by atoms with E-state index in [2.05, 4.69) is 22.2 Å². The first kappa shape index (κ1) is 14.1. The van der Waals surface area contributed by atoms with Gasteiger partial charge in [-0.25, -0.2) is 0 Å². The maximum absolute atomic E-state index is 5.01. The molecule has 17 heavy (non-hydrogen) atoms. The van der Waals surface area contributed by atoms with E-state index in [0.717, 1.165) is 38.4 Å². The normalized spacial score (nSPS) is 14.9. The summed E-state index contributed by atoms with van der Waals surface area (Å²) in [5.74, 6) is 0. The van der Waals surface area contributed by atoms with E-state index in [1.165, 1.54) is 19.3 Å². The van der Waals surface area contributed by atoms with E-state index in [1.807, 2.05) is 6.20 Å². The minimum absolute atomic E-state index is 0.889. The molecule has 0 aliphatic carbocycles. The molecule has 1 N–H and O–H groups in total. The van der Waals surface area contributed by atoms with Gasteiger partial charge >= 0.3 is 0 Å². The van der Waals surface area contributed by atoms with E-state index in [0.29, 0.717) is 0 Å². The van der Waals surface area contributed by atoms with Crippen molar-refractivity contribution in [2.24, 2.45) is 0 Å². The smallest absolute Gasteiger partial charge is 0.0591 e. The summed E-state index contributed by atoms with van der Waals surface area (Å²) < 4.78 is 5.01. The Morgan fingerprint density at radius 2 is 2.06 bits per heavy atom. The molecule has 4 nitrogen and oxygen atoms in total. The molecule has 0 aromatic carbocycles. The number of hydrogen-bond donors (Lipinski definition) is 1. The summed E-state index contributed by atoms with van der Waals surface area (Å²) in [6.07, 6.45) is 10.2. The van der Waals surface area contributed by atoms with Crippen molar-refractivity contribution in [2.45, 2.75) is 32.6 Å². The molecular weight excluding hydrogens is 214 g/mol. The first-order valence-corrected chi connectivity index (χ1v) is 6.47. The molecule has 1 aromatic rings. The van der Waals surface area contributed by atoms with E-state index in [9.17, 15) is 0 Å². The lowest BCUT2D eigenvalue weighted by Crippen LogP contribution is -2.30. The minimum atomic E-state index is 0.889. The summed E-state index contributed by atoms with van der Waals surface area (Å²) in [6.45, 7) is 6.04. The lowest BCUT2D eigenvalue weighted by molar-refractivity contribution is 0.109. The molecule has 1 aromatic heterocycles. The van der Waals surface area contributed by atoms with Crippen LogP contribution < -0.4 is 5.32 Å². The van der Waals surface area contributed by atoms with Crippen LogP contribution in [0.15, 0.2) is 18.6 Å². The van der Waals surface area contributed by atoms with Gasteiger partial charge in [0, 0.05) is 31.7 Å². The van der Waals surface area contributed by atoms with Gasteiger partial charge in [-0.1, -0.05) is 19.8 Å². The molecule has 2 heterocycles. The van der Waals surface area contributed by atoms with Crippen LogP contribution in [0.2, 0.25) is 0 Å². The minimum Gasteiger partial charge on any atom is -0.379 e. The number of rotatable bonds is 4. The quantitative estimate of drug-likeness (QED) is 0.811. The largest absolute Gasteiger partial charge is 0.379 e. The summed E-state index contributed by atoms with van der Waals surface area (Å²) in [4.78, 5) is 8.19. The lowest BCUT2D eigenvalue weighted by atomic mass is 10.2. The third-order valence-corrected chi connectivity index (χ3v) is 2.50. The Kier molecular flexibility index (Phi) is 8.42. The topological polar surface area (TPSA) is 47.0 Å². The second-order valence-corrected chi connectivity index (χ2v) is 4.02. The van der Waals surface area contributed by atoms with Crippen molar-refractivity contribution >= 4 is 0 Å². The van der Waals surface area contributed by atoms with Gasteiger partial charge in [-0.2, -0.15) is 0 Å². The number of ether oxygens (including phenoxy) is 1. The highest BCUT2D eigenvalue weighted by Crippen LogP contribution is 2.01. The van der Waals surface area contributed by atoms with Crippen molar-refractivity contribution < 1.29 is 4.74 Å². The summed E-state index contributed by atoms with van der Waals surface area (Å²) >= 11 is 0. The number of aromatic nitrogens is 2. The van der Waals surface area contributed by atoms with Gasteiger partial charge in [-0.15, -0.1) is 0 Å². The molecule has 0 spiro atoms. The lowest BCUT2D eigenvalue weighted by Gasteiger charge is -2.10. The third-order valence-electron chi connectivity index (χ3n) is 2.50. The molecule has 0 amide bonds. The molecule has 4 heteroatoms. The standard InChI is InChI=1S/C9H14N2.C4H9NO/c1-2-3-4-5-9-8-10-6-7-11-9;1-3-6-4-2-5-1/h6-8H,2-5H2,1H3;5H,1-4H2. The Morgan fingerprint density at radius 3 is 2.53 bits per heavy atom. The fourth-order valence-corrected chi connectivity index (χ4v) is 1.53. The molecule has 1 saturated heterocycles. The third kappa shape index (κ3) is 7.82. The van der Waals surface area contributed by atoms with Gasteiger partial charge in [0.1, 0.15) is 0 Å². The predicted octanol–water partition coefficient (Wildman–Crippen LogP) is 1.82. The molecule has 1 aliphatic heterocycles. The number of morpholine rings is 1. The second-order valence-electron chi connectivity index (χ2n) is 4.02. The van der Waals surface area contributed by atoms with Crippen molar-refractivity contribution in [1.29, 1.82) is 0 Å². The van der Waals surface area contributed by atoms with Gasteiger partial charge in [-0.05, 0) is 12.8 Å². The number of hydrogen-bond acceptors (Lipinski definition) is 4. The van der Waals surface area contributed by atoms with Crippen molar-refractivity contribution in [2.75, 3.05) is 26.3 Å². The van der Waals surface area contributed by atoms with Gasteiger partial charge in [0.05, 0.1) is 18.9 Å². The van der Waals surface area contributed by atoms with Gasteiger partial charge < -0.3 is 10.1 Å². The summed E-state index contributed by atoms with van der Waals surface area (Å²) in [5, 5.41) is 3.16. The monoisotopic (exact) mass is 237 g/mol. The van der Waals surface area contributed by atoms with Gasteiger partial charge in [0.15, 0.2) is 0 Å². The van der Waals surface area contributed by atoms with Gasteiger partial charge in [0.25, 0.3) is 0 Å². The second kappa shape index (κ2) is 10.2. The Hall–Kier alpha value is -1.00. The molecular formula is C13H23N3O. The van der Waals surface area contributed by atoms with E-state index < -0.39 is 0 Å². The van der Waals surface area contributed by atoms with Crippen molar-refractivity contribution in [1.82, 2.24) is 15.3 Å². The maximum Gasteiger partial charge on any atom is 0.0591 e. The van der Waals surface area contributed by atoms with Crippen LogP contribution in [0, 0.1) is 0 Å². The van der Waals surface area contributed by atoms with Crippen LogP contribution in [0.5, 0.6) is 0 Å². The molecule has 96 valence electrons. The number of nitrogens with one attached hydrogen (secondary N) is 1. The molecule has 2 rings (SSSR count). The fraction of sp³-hybridized carbons (Fsp3) is 0.692. The highest BCUT2D eigenvalue weighted by molar-refractivity contribution is 4.94. The molecule has 1 fully saturated rings. The molecule has 0 bridgehead atoms. The SMILES string of the molecule is C1COCCN1.CCCCCc1cnccn1. The summed E-state index contributed by atoms with van der Waals surface area (Å²) in [5.41, 5.74) is 1.11.